The highest BCUT2D eigenvalue weighted by Crippen LogP contribution is 2.35. The van der Waals surface area contributed by atoms with Crippen LogP contribution in [0.1, 0.15) is 17.4 Å². The van der Waals surface area contributed by atoms with E-state index in [0.717, 1.165) is 10.9 Å². The standard InChI is InChI=1S/C17H14ClNO3/c1-2-21-17(20)14-10-12-13(19-14)8-9-15(16(12)18)22-11-6-4-3-5-7-11/h3-10,19H,2H2,1H3. The predicted octanol–water partition coefficient (Wildman–Crippen LogP) is 4.79. The van der Waals surface area contributed by atoms with E-state index in [0.29, 0.717) is 28.8 Å². The Morgan fingerprint density at radius 3 is 2.68 bits per heavy atom. The molecule has 0 unspecified atom stereocenters. The van der Waals surface area contributed by atoms with E-state index in [4.69, 9.17) is 21.1 Å². The second-order valence-electron chi connectivity index (χ2n) is 4.66. The van der Waals surface area contributed by atoms with Gasteiger partial charge in [0.2, 0.25) is 0 Å². The molecule has 0 aliphatic rings. The Labute approximate surface area is 132 Å². The molecule has 0 fully saturated rings. The van der Waals surface area contributed by atoms with Crippen LogP contribution in [0, 0.1) is 0 Å². The van der Waals surface area contributed by atoms with Gasteiger partial charge in [0, 0.05) is 10.9 Å². The van der Waals surface area contributed by atoms with Gasteiger partial charge in [0.05, 0.1) is 11.6 Å². The number of hydrogen-bond donors (Lipinski definition) is 1. The molecule has 0 bridgehead atoms. The van der Waals surface area contributed by atoms with Crippen molar-refractivity contribution in [2.75, 3.05) is 6.61 Å². The van der Waals surface area contributed by atoms with Gasteiger partial charge in [0.1, 0.15) is 17.2 Å². The summed E-state index contributed by atoms with van der Waals surface area (Å²) in [7, 11) is 0. The minimum absolute atomic E-state index is 0.324. The molecule has 0 amide bonds. The van der Waals surface area contributed by atoms with Gasteiger partial charge < -0.3 is 14.5 Å². The monoisotopic (exact) mass is 315 g/mol. The number of H-pyrrole nitrogens is 1. The van der Waals surface area contributed by atoms with Crippen molar-refractivity contribution in [3.8, 4) is 11.5 Å². The van der Waals surface area contributed by atoms with E-state index >= 15 is 0 Å². The number of nitrogens with one attached hydrogen (secondary N) is 1. The number of benzene rings is 2. The van der Waals surface area contributed by atoms with Gasteiger partial charge in [-0.1, -0.05) is 29.8 Å². The zero-order valence-corrected chi connectivity index (χ0v) is 12.7. The van der Waals surface area contributed by atoms with E-state index < -0.39 is 5.97 Å². The molecule has 112 valence electrons. The number of rotatable bonds is 4. The summed E-state index contributed by atoms with van der Waals surface area (Å²) in [5.74, 6) is 0.833. The van der Waals surface area contributed by atoms with Gasteiger partial charge in [-0.25, -0.2) is 4.79 Å². The minimum atomic E-state index is -0.403. The summed E-state index contributed by atoms with van der Waals surface area (Å²) in [5, 5.41) is 1.17. The molecule has 4 nitrogen and oxygen atoms in total. The third kappa shape index (κ3) is 2.78. The highest BCUT2D eigenvalue weighted by atomic mass is 35.5. The van der Waals surface area contributed by atoms with Crippen molar-refractivity contribution in [2.45, 2.75) is 6.92 Å². The van der Waals surface area contributed by atoms with Crippen LogP contribution in [-0.4, -0.2) is 17.6 Å². The van der Waals surface area contributed by atoms with Gasteiger partial charge in [0.25, 0.3) is 0 Å². The topological polar surface area (TPSA) is 51.3 Å². The number of hydrogen-bond acceptors (Lipinski definition) is 3. The normalized spacial score (nSPS) is 10.6. The Hall–Kier alpha value is -2.46. The predicted molar refractivity (Wildman–Crippen MR) is 85.8 cm³/mol. The van der Waals surface area contributed by atoms with Crippen LogP contribution in [0.25, 0.3) is 10.9 Å². The first-order valence-corrected chi connectivity index (χ1v) is 7.28. The van der Waals surface area contributed by atoms with Crippen LogP contribution in [0.5, 0.6) is 11.5 Å². The molecule has 0 spiro atoms. The molecule has 3 aromatic rings. The summed E-state index contributed by atoms with van der Waals surface area (Å²) < 4.78 is 10.8. The number of carbonyl (C=O) groups is 1. The lowest BCUT2D eigenvalue weighted by molar-refractivity contribution is 0.0520. The molecule has 1 heterocycles. The number of aromatic nitrogens is 1. The largest absolute Gasteiger partial charge is 0.461 e. The van der Waals surface area contributed by atoms with Gasteiger partial charge >= 0.3 is 5.97 Å². The van der Waals surface area contributed by atoms with Gasteiger partial charge in [0.15, 0.2) is 0 Å². The number of fused-ring (bicyclic) bond motifs is 1. The molecular formula is C17H14ClNO3. The van der Waals surface area contributed by atoms with Gasteiger partial charge in [-0.3, -0.25) is 0 Å². The number of para-hydroxylation sites is 1. The Balaban J connectivity index is 1.97. The SMILES string of the molecule is CCOC(=O)c1cc2c(Cl)c(Oc3ccccc3)ccc2[nH]1. The van der Waals surface area contributed by atoms with Crippen LogP contribution >= 0.6 is 11.6 Å². The Morgan fingerprint density at radius 2 is 1.95 bits per heavy atom. The summed E-state index contributed by atoms with van der Waals surface area (Å²) >= 11 is 6.39. The maximum atomic E-state index is 11.8. The Morgan fingerprint density at radius 1 is 1.18 bits per heavy atom. The fraction of sp³-hybridized carbons (Fsp3) is 0.118. The van der Waals surface area contributed by atoms with Gasteiger partial charge in [-0.05, 0) is 37.3 Å². The molecule has 1 aromatic heterocycles. The third-order valence-corrected chi connectivity index (χ3v) is 3.56. The molecule has 1 N–H and O–H groups in total. The average Bonchev–Trinajstić information content (AvgIpc) is 2.97. The van der Waals surface area contributed by atoms with E-state index in [1.54, 1.807) is 19.1 Å². The lowest BCUT2D eigenvalue weighted by atomic mass is 10.2. The van der Waals surface area contributed by atoms with E-state index in [1.807, 2.05) is 36.4 Å². The highest BCUT2D eigenvalue weighted by Gasteiger charge is 2.15. The molecule has 0 aliphatic carbocycles. The first-order valence-electron chi connectivity index (χ1n) is 6.90. The van der Waals surface area contributed by atoms with Gasteiger partial charge in [-0.2, -0.15) is 0 Å². The van der Waals surface area contributed by atoms with E-state index in [9.17, 15) is 4.79 Å². The van der Waals surface area contributed by atoms with Crippen molar-refractivity contribution in [1.82, 2.24) is 4.98 Å². The van der Waals surface area contributed by atoms with Crippen molar-refractivity contribution in [3.63, 3.8) is 0 Å². The minimum Gasteiger partial charge on any atom is -0.461 e. The Kier molecular flexibility index (Phi) is 4.02. The lowest BCUT2D eigenvalue weighted by Crippen LogP contribution is -2.04. The molecule has 22 heavy (non-hydrogen) atoms. The van der Waals surface area contributed by atoms with Crippen LogP contribution in [-0.2, 0) is 4.74 Å². The molecule has 0 aliphatic heterocycles. The number of ether oxygens (including phenoxy) is 2. The summed E-state index contributed by atoms with van der Waals surface area (Å²) in [4.78, 5) is 14.8. The quantitative estimate of drug-likeness (QED) is 0.704. The third-order valence-electron chi connectivity index (χ3n) is 3.17. The zero-order valence-electron chi connectivity index (χ0n) is 11.9. The van der Waals surface area contributed by atoms with Crippen LogP contribution in [0.3, 0.4) is 0 Å². The first-order chi connectivity index (χ1) is 10.7. The molecule has 0 saturated carbocycles. The lowest BCUT2D eigenvalue weighted by Gasteiger charge is -2.07. The second kappa shape index (κ2) is 6.12. The molecular weight excluding hydrogens is 302 g/mol. The molecule has 2 aromatic carbocycles. The average molecular weight is 316 g/mol. The number of carbonyl (C=O) groups excluding carboxylic acids is 1. The summed E-state index contributed by atoms with van der Waals surface area (Å²) in [6.45, 7) is 2.09. The second-order valence-corrected chi connectivity index (χ2v) is 5.04. The van der Waals surface area contributed by atoms with Crippen molar-refractivity contribution in [2.24, 2.45) is 0 Å². The number of esters is 1. The van der Waals surface area contributed by atoms with E-state index in [1.165, 1.54) is 0 Å². The molecule has 3 rings (SSSR count). The molecule has 0 atom stereocenters. The highest BCUT2D eigenvalue weighted by molar-refractivity contribution is 6.37. The van der Waals surface area contributed by atoms with Crippen molar-refractivity contribution in [3.05, 3.63) is 59.2 Å². The zero-order chi connectivity index (χ0) is 15.5. The first kappa shape index (κ1) is 14.5. The maximum absolute atomic E-state index is 11.8. The van der Waals surface area contributed by atoms with E-state index in [2.05, 4.69) is 4.98 Å². The number of aromatic amines is 1. The van der Waals surface area contributed by atoms with Crippen LogP contribution < -0.4 is 4.74 Å². The molecule has 0 saturated heterocycles. The van der Waals surface area contributed by atoms with Crippen molar-refractivity contribution >= 4 is 28.5 Å². The van der Waals surface area contributed by atoms with Crippen LogP contribution in [0.4, 0.5) is 0 Å². The van der Waals surface area contributed by atoms with Crippen molar-refractivity contribution in [1.29, 1.82) is 0 Å². The smallest absolute Gasteiger partial charge is 0.354 e. The van der Waals surface area contributed by atoms with E-state index in [-0.39, 0.29) is 0 Å². The molecule has 5 heteroatoms. The van der Waals surface area contributed by atoms with Crippen LogP contribution in [0.15, 0.2) is 48.5 Å². The van der Waals surface area contributed by atoms with Crippen LogP contribution in [0.2, 0.25) is 5.02 Å². The summed E-state index contributed by atoms with van der Waals surface area (Å²) in [6, 6.07) is 14.6. The summed E-state index contributed by atoms with van der Waals surface area (Å²) in [5.41, 5.74) is 1.13. The fourth-order valence-corrected chi connectivity index (χ4v) is 2.42. The number of halogens is 1. The van der Waals surface area contributed by atoms with Crippen molar-refractivity contribution < 1.29 is 14.3 Å². The maximum Gasteiger partial charge on any atom is 0.354 e. The summed E-state index contributed by atoms with van der Waals surface area (Å²) in [6.07, 6.45) is 0. The Bertz CT molecular complexity index is 811. The fourth-order valence-electron chi connectivity index (χ4n) is 2.16. The molecule has 0 radical (unpaired) electrons. The van der Waals surface area contributed by atoms with Gasteiger partial charge in [-0.15, -0.1) is 0 Å².